The Balaban J connectivity index is 1.84. The SMILES string of the molecule is Nc1cnc(Cc2ccc3c(c2)CC(=O)N3)nc1. The molecule has 5 nitrogen and oxygen atoms in total. The number of carbonyl (C=O) groups is 1. The van der Waals surface area contributed by atoms with E-state index >= 15 is 0 Å². The van der Waals surface area contributed by atoms with Gasteiger partial charge in [-0.1, -0.05) is 12.1 Å². The van der Waals surface area contributed by atoms with Crippen LogP contribution in [0.5, 0.6) is 0 Å². The predicted octanol–water partition coefficient (Wildman–Crippen LogP) is 1.14. The molecule has 1 aliphatic heterocycles. The Bertz CT molecular complexity index is 607. The second-order valence-corrected chi connectivity index (χ2v) is 4.33. The van der Waals surface area contributed by atoms with Crippen LogP contribution < -0.4 is 11.1 Å². The molecule has 2 heterocycles. The van der Waals surface area contributed by atoms with Gasteiger partial charge >= 0.3 is 0 Å². The zero-order valence-corrected chi connectivity index (χ0v) is 9.68. The number of aromatic nitrogens is 2. The number of nitrogens with one attached hydrogen (secondary N) is 1. The van der Waals surface area contributed by atoms with Crippen molar-refractivity contribution in [1.82, 2.24) is 9.97 Å². The smallest absolute Gasteiger partial charge is 0.228 e. The lowest BCUT2D eigenvalue weighted by Crippen LogP contribution is -2.03. The Labute approximate surface area is 104 Å². The quantitative estimate of drug-likeness (QED) is 0.825. The molecule has 5 heteroatoms. The number of nitrogens with zero attached hydrogens (tertiary/aromatic N) is 2. The van der Waals surface area contributed by atoms with Crippen molar-refractivity contribution in [1.29, 1.82) is 0 Å². The zero-order valence-electron chi connectivity index (χ0n) is 9.68. The van der Waals surface area contributed by atoms with E-state index in [1.54, 1.807) is 12.4 Å². The van der Waals surface area contributed by atoms with Crippen molar-refractivity contribution < 1.29 is 4.79 Å². The highest BCUT2D eigenvalue weighted by Crippen LogP contribution is 2.24. The lowest BCUT2D eigenvalue weighted by Gasteiger charge is -2.03. The van der Waals surface area contributed by atoms with Gasteiger partial charge in [-0.25, -0.2) is 9.97 Å². The van der Waals surface area contributed by atoms with Gasteiger partial charge in [0.25, 0.3) is 0 Å². The Morgan fingerprint density at radius 2 is 2.06 bits per heavy atom. The molecule has 1 aliphatic rings. The largest absolute Gasteiger partial charge is 0.396 e. The first-order valence-electron chi connectivity index (χ1n) is 5.69. The van der Waals surface area contributed by atoms with Crippen LogP contribution in [0, 0.1) is 0 Å². The maximum Gasteiger partial charge on any atom is 0.228 e. The van der Waals surface area contributed by atoms with Crippen molar-refractivity contribution in [2.75, 3.05) is 11.1 Å². The number of nitrogens with two attached hydrogens (primary N) is 1. The molecule has 0 atom stereocenters. The summed E-state index contributed by atoms with van der Waals surface area (Å²) in [6.45, 7) is 0. The molecule has 1 aromatic heterocycles. The third-order valence-corrected chi connectivity index (χ3v) is 2.88. The van der Waals surface area contributed by atoms with Crippen LogP contribution >= 0.6 is 0 Å². The summed E-state index contributed by atoms with van der Waals surface area (Å²) in [5.41, 5.74) is 9.13. The van der Waals surface area contributed by atoms with Gasteiger partial charge in [0.15, 0.2) is 0 Å². The molecule has 0 aliphatic carbocycles. The van der Waals surface area contributed by atoms with E-state index in [4.69, 9.17) is 5.73 Å². The fraction of sp³-hybridized carbons (Fsp3) is 0.154. The summed E-state index contributed by atoms with van der Waals surface area (Å²) in [6.07, 6.45) is 4.29. The van der Waals surface area contributed by atoms with E-state index < -0.39 is 0 Å². The second kappa shape index (κ2) is 4.10. The van der Waals surface area contributed by atoms with Gasteiger partial charge in [0, 0.05) is 12.1 Å². The average Bonchev–Trinajstić information content (AvgIpc) is 2.71. The normalized spacial score (nSPS) is 13.2. The number of fused-ring (bicyclic) bond motifs is 1. The van der Waals surface area contributed by atoms with Crippen molar-refractivity contribution in [3.63, 3.8) is 0 Å². The zero-order chi connectivity index (χ0) is 12.5. The van der Waals surface area contributed by atoms with Crippen LogP contribution in [0.15, 0.2) is 30.6 Å². The monoisotopic (exact) mass is 240 g/mol. The van der Waals surface area contributed by atoms with Gasteiger partial charge in [0.2, 0.25) is 5.91 Å². The molecule has 0 unspecified atom stereocenters. The van der Waals surface area contributed by atoms with E-state index in [1.807, 2.05) is 18.2 Å². The Morgan fingerprint density at radius 3 is 2.83 bits per heavy atom. The fourth-order valence-corrected chi connectivity index (χ4v) is 2.03. The average molecular weight is 240 g/mol. The molecule has 0 fully saturated rings. The number of amides is 1. The van der Waals surface area contributed by atoms with Crippen LogP contribution in [0.25, 0.3) is 0 Å². The van der Waals surface area contributed by atoms with Crippen LogP contribution in [0.4, 0.5) is 11.4 Å². The number of benzene rings is 1. The Kier molecular flexibility index (Phi) is 2.44. The number of carbonyl (C=O) groups excluding carboxylic acids is 1. The summed E-state index contributed by atoms with van der Waals surface area (Å²) in [5.74, 6) is 0.771. The van der Waals surface area contributed by atoms with Crippen LogP contribution in [-0.2, 0) is 17.6 Å². The Hall–Kier alpha value is -2.43. The van der Waals surface area contributed by atoms with E-state index in [2.05, 4.69) is 15.3 Å². The molecule has 0 bridgehead atoms. The number of hydrogen-bond acceptors (Lipinski definition) is 4. The van der Waals surface area contributed by atoms with Crippen molar-refractivity contribution in [3.05, 3.63) is 47.5 Å². The highest BCUT2D eigenvalue weighted by molar-refractivity contribution is 5.99. The first kappa shape index (κ1) is 10.7. The third-order valence-electron chi connectivity index (χ3n) is 2.88. The molecule has 0 spiro atoms. The second-order valence-electron chi connectivity index (χ2n) is 4.33. The van der Waals surface area contributed by atoms with Crippen molar-refractivity contribution in [2.45, 2.75) is 12.8 Å². The molecule has 0 radical (unpaired) electrons. The fourth-order valence-electron chi connectivity index (χ4n) is 2.03. The van der Waals surface area contributed by atoms with Gasteiger partial charge < -0.3 is 11.1 Å². The van der Waals surface area contributed by atoms with Gasteiger partial charge in [0.1, 0.15) is 5.82 Å². The molecule has 0 saturated carbocycles. The predicted molar refractivity (Wildman–Crippen MR) is 68.0 cm³/mol. The maximum atomic E-state index is 11.3. The number of nitrogen functional groups attached to an aromatic ring is 1. The summed E-state index contributed by atoms with van der Waals surface area (Å²) in [7, 11) is 0. The first-order valence-corrected chi connectivity index (χ1v) is 5.69. The van der Waals surface area contributed by atoms with Crippen molar-refractivity contribution in [3.8, 4) is 0 Å². The summed E-state index contributed by atoms with van der Waals surface area (Å²) < 4.78 is 0. The van der Waals surface area contributed by atoms with Crippen molar-refractivity contribution in [2.24, 2.45) is 0 Å². The molecule has 18 heavy (non-hydrogen) atoms. The lowest BCUT2D eigenvalue weighted by molar-refractivity contribution is -0.115. The molecule has 1 aromatic carbocycles. The minimum absolute atomic E-state index is 0.0471. The number of anilines is 2. The van der Waals surface area contributed by atoms with Crippen LogP contribution in [0.1, 0.15) is 17.0 Å². The third kappa shape index (κ3) is 2.02. The summed E-state index contributed by atoms with van der Waals surface area (Å²) in [5, 5.41) is 2.81. The van der Waals surface area contributed by atoms with Crippen molar-refractivity contribution >= 4 is 17.3 Å². The molecule has 2 aromatic rings. The van der Waals surface area contributed by atoms with E-state index in [1.165, 1.54) is 0 Å². The minimum Gasteiger partial charge on any atom is -0.396 e. The maximum absolute atomic E-state index is 11.3. The van der Waals surface area contributed by atoms with Gasteiger partial charge in [0.05, 0.1) is 24.5 Å². The lowest BCUT2D eigenvalue weighted by atomic mass is 10.1. The van der Waals surface area contributed by atoms with Gasteiger partial charge in [-0.05, 0) is 17.2 Å². The molecule has 3 N–H and O–H groups in total. The first-order chi connectivity index (χ1) is 8.70. The summed E-state index contributed by atoms with van der Waals surface area (Å²) in [6, 6.07) is 5.92. The molecular formula is C13H12N4O. The molecular weight excluding hydrogens is 228 g/mol. The molecule has 0 saturated heterocycles. The van der Waals surface area contributed by atoms with Crippen LogP contribution in [-0.4, -0.2) is 15.9 Å². The number of rotatable bonds is 2. The summed E-state index contributed by atoms with van der Waals surface area (Å²) >= 11 is 0. The molecule has 90 valence electrons. The van der Waals surface area contributed by atoms with E-state index in [0.717, 1.165) is 22.6 Å². The number of hydrogen-bond donors (Lipinski definition) is 2. The highest BCUT2D eigenvalue weighted by Gasteiger charge is 2.17. The van der Waals surface area contributed by atoms with E-state index in [9.17, 15) is 4.79 Å². The van der Waals surface area contributed by atoms with Crippen LogP contribution in [0.2, 0.25) is 0 Å². The summed E-state index contributed by atoms with van der Waals surface area (Å²) in [4.78, 5) is 19.6. The van der Waals surface area contributed by atoms with E-state index in [-0.39, 0.29) is 5.91 Å². The minimum atomic E-state index is 0.0471. The van der Waals surface area contributed by atoms with E-state index in [0.29, 0.717) is 18.5 Å². The Morgan fingerprint density at radius 1 is 1.28 bits per heavy atom. The topological polar surface area (TPSA) is 80.9 Å². The molecule has 3 rings (SSSR count). The highest BCUT2D eigenvalue weighted by atomic mass is 16.1. The van der Waals surface area contributed by atoms with Crippen LogP contribution in [0.3, 0.4) is 0 Å². The standard InChI is InChI=1S/C13H12N4O/c14-10-6-15-12(16-7-10)4-8-1-2-11-9(3-8)5-13(18)17-11/h1-3,6-7H,4-5,14H2,(H,17,18). The van der Waals surface area contributed by atoms with Gasteiger partial charge in [-0.3, -0.25) is 4.79 Å². The molecule has 1 amide bonds. The van der Waals surface area contributed by atoms with Gasteiger partial charge in [-0.15, -0.1) is 0 Å². The van der Waals surface area contributed by atoms with Gasteiger partial charge in [-0.2, -0.15) is 0 Å².